The van der Waals surface area contributed by atoms with Crippen LogP contribution in [-0.4, -0.2) is 48.0 Å². The molecule has 6 heteroatoms. The standard InChI is InChI=1S/C9H22N2O3S/c1-10-7-9-15(12,13)11-6-4-3-5-8-14-2/h10-11H,3-9H2,1-2H3. The molecule has 0 rings (SSSR count). The highest BCUT2D eigenvalue weighted by molar-refractivity contribution is 7.89. The molecule has 5 nitrogen and oxygen atoms in total. The van der Waals surface area contributed by atoms with Gasteiger partial charge in [0.05, 0.1) is 5.75 Å². The number of ether oxygens (including phenoxy) is 1. The fourth-order valence-corrected chi connectivity index (χ4v) is 2.16. The number of methoxy groups -OCH3 is 1. The second-order valence-electron chi connectivity index (χ2n) is 3.37. The summed E-state index contributed by atoms with van der Waals surface area (Å²) in [5.74, 6) is 0.140. The molecule has 0 atom stereocenters. The molecule has 2 N–H and O–H groups in total. The SMILES string of the molecule is CNCCS(=O)(=O)NCCCCCOC. The summed E-state index contributed by atoms with van der Waals surface area (Å²) in [5, 5.41) is 2.81. The third kappa shape index (κ3) is 10.1. The molecule has 0 aliphatic carbocycles. The summed E-state index contributed by atoms with van der Waals surface area (Å²) in [5.41, 5.74) is 0. The van der Waals surface area contributed by atoms with Crippen LogP contribution in [0.3, 0.4) is 0 Å². The van der Waals surface area contributed by atoms with Crippen molar-refractivity contribution in [3.63, 3.8) is 0 Å². The Morgan fingerprint density at radius 1 is 1.13 bits per heavy atom. The van der Waals surface area contributed by atoms with Gasteiger partial charge in [-0.15, -0.1) is 0 Å². The van der Waals surface area contributed by atoms with Crippen LogP contribution in [0.15, 0.2) is 0 Å². The van der Waals surface area contributed by atoms with E-state index in [0.717, 1.165) is 25.9 Å². The van der Waals surface area contributed by atoms with Crippen molar-refractivity contribution in [3.05, 3.63) is 0 Å². The van der Waals surface area contributed by atoms with Crippen molar-refractivity contribution >= 4 is 10.0 Å². The van der Waals surface area contributed by atoms with Crippen molar-refractivity contribution < 1.29 is 13.2 Å². The van der Waals surface area contributed by atoms with Gasteiger partial charge in [-0.3, -0.25) is 0 Å². The first-order chi connectivity index (χ1) is 7.12. The maximum atomic E-state index is 11.3. The average Bonchev–Trinajstić information content (AvgIpc) is 2.20. The molecule has 15 heavy (non-hydrogen) atoms. The molecule has 0 bridgehead atoms. The van der Waals surface area contributed by atoms with Crippen LogP contribution in [0.2, 0.25) is 0 Å². The van der Waals surface area contributed by atoms with Crippen LogP contribution in [0.5, 0.6) is 0 Å². The second kappa shape index (κ2) is 9.08. The minimum atomic E-state index is -3.08. The molecule has 0 aromatic carbocycles. The Balaban J connectivity index is 3.41. The summed E-state index contributed by atoms with van der Waals surface area (Å²) in [7, 11) is 0.323. The molecular formula is C9H22N2O3S. The molecule has 0 aliphatic rings. The second-order valence-corrected chi connectivity index (χ2v) is 5.30. The van der Waals surface area contributed by atoms with Crippen molar-refractivity contribution in [1.29, 1.82) is 0 Å². The molecule has 0 saturated carbocycles. The maximum absolute atomic E-state index is 11.3. The summed E-state index contributed by atoms with van der Waals surface area (Å²) in [6.07, 6.45) is 2.83. The molecule has 0 fully saturated rings. The van der Waals surface area contributed by atoms with Crippen molar-refractivity contribution in [2.75, 3.05) is 39.6 Å². The number of nitrogens with one attached hydrogen (secondary N) is 2. The molecule has 0 aromatic rings. The van der Waals surface area contributed by atoms with E-state index in [4.69, 9.17) is 4.74 Å². The van der Waals surface area contributed by atoms with E-state index in [9.17, 15) is 8.42 Å². The lowest BCUT2D eigenvalue weighted by atomic mass is 10.2. The Kier molecular flexibility index (Phi) is 8.98. The Labute approximate surface area is 92.6 Å². The lowest BCUT2D eigenvalue weighted by Crippen LogP contribution is -2.31. The first-order valence-corrected chi connectivity index (χ1v) is 6.88. The van der Waals surface area contributed by atoms with Crippen LogP contribution in [0, 0.1) is 0 Å². The van der Waals surface area contributed by atoms with E-state index in [2.05, 4.69) is 10.0 Å². The van der Waals surface area contributed by atoms with E-state index < -0.39 is 10.0 Å². The van der Waals surface area contributed by atoms with E-state index in [0.29, 0.717) is 13.1 Å². The Morgan fingerprint density at radius 3 is 2.47 bits per heavy atom. The highest BCUT2D eigenvalue weighted by Crippen LogP contribution is 1.94. The van der Waals surface area contributed by atoms with Gasteiger partial charge in [0.15, 0.2) is 0 Å². The summed E-state index contributed by atoms with van der Waals surface area (Å²) in [6.45, 7) is 1.75. The zero-order valence-electron chi connectivity index (χ0n) is 9.58. The summed E-state index contributed by atoms with van der Waals surface area (Å²) >= 11 is 0. The number of rotatable bonds is 10. The fourth-order valence-electron chi connectivity index (χ4n) is 1.08. The lowest BCUT2D eigenvalue weighted by Gasteiger charge is -2.05. The van der Waals surface area contributed by atoms with Crippen LogP contribution in [0.25, 0.3) is 0 Å². The molecule has 0 radical (unpaired) electrons. The molecule has 0 amide bonds. The quantitative estimate of drug-likeness (QED) is 0.523. The lowest BCUT2D eigenvalue weighted by molar-refractivity contribution is 0.192. The van der Waals surface area contributed by atoms with E-state index in [1.807, 2.05) is 0 Å². The van der Waals surface area contributed by atoms with Crippen LogP contribution >= 0.6 is 0 Å². The molecule has 0 unspecified atom stereocenters. The number of hydrogen-bond acceptors (Lipinski definition) is 4. The third-order valence-corrected chi connectivity index (χ3v) is 3.35. The number of hydrogen-bond donors (Lipinski definition) is 2. The van der Waals surface area contributed by atoms with Gasteiger partial charge in [0.2, 0.25) is 10.0 Å². The van der Waals surface area contributed by atoms with E-state index in [-0.39, 0.29) is 5.75 Å². The van der Waals surface area contributed by atoms with Crippen LogP contribution in [0.1, 0.15) is 19.3 Å². The molecular weight excluding hydrogens is 216 g/mol. The first kappa shape index (κ1) is 14.8. The van der Waals surface area contributed by atoms with Crippen molar-refractivity contribution in [1.82, 2.24) is 10.0 Å². The minimum Gasteiger partial charge on any atom is -0.385 e. The van der Waals surface area contributed by atoms with Gasteiger partial charge in [0.25, 0.3) is 0 Å². The van der Waals surface area contributed by atoms with Gasteiger partial charge in [-0.1, -0.05) is 0 Å². The molecule has 92 valence electrons. The Bertz CT molecular complexity index is 230. The Hall–Kier alpha value is -0.170. The highest BCUT2D eigenvalue weighted by Gasteiger charge is 2.07. The van der Waals surface area contributed by atoms with Gasteiger partial charge in [-0.05, 0) is 26.3 Å². The van der Waals surface area contributed by atoms with Crippen LogP contribution in [-0.2, 0) is 14.8 Å². The smallest absolute Gasteiger partial charge is 0.212 e. The van der Waals surface area contributed by atoms with Crippen molar-refractivity contribution in [2.45, 2.75) is 19.3 Å². The monoisotopic (exact) mass is 238 g/mol. The van der Waals surface area contributed by atoms with Gasteiger partial charge < -0.3 is 10.1 Å². The number of unbranched alkanes of at least 4 members (excludes halogenated alkanes) is 2. The molecule has 0 saturated heterocycles. The van der Waals surface area contributed by atoms with Crippen molar-refractivity contribution in [3.8, 4) is 0 Å². The summed E-state index contributed by atoms with van der Waals surface area (Å²) in [4.78, 5) is 0. The molecule has 0 spiro atoms. The summed E-state index contributed by atoms with van der Waals surface area (Å²) < 4.78 is 30.1. The fraction of sp³-hybridized carbons (Fsp3) is 1.00. The van der Waals surface area contributed by atoms with Crippen LogP contribution in [0.4, 0.5) is 0 Å². The first-order valence-electron chi connectivity index (χ1n) is 5.23. The third-order valence-electron chi connectivity index (χ3n) is 1.97. The molecule has 0 heterocycles. The van der Waals surface area contributed by atoms with Gasteiger partial charge >= 0.3 is 0 Å². The topological polar surface area (TPSA) is 67.4 Å². The minimum absolute atomic E-state index is 0.140. The van der Waals surface area contributed by atoms with Crippen molar-refractivity contribution in [2.24, 2.45) is 0 Å². The van der Waals surface area contributed by atoms with Gasteiger partial charge in [0, 0.05) is 26.8 Å². The molecule has 0 aromatic heterocycles. The van der Waals surface area contributed by atoms with E-state index in [1.54, 1.807) is 14.2 Å². The van der Waals surface area contributed by atoms with Gasteiger partial charge in [-0.2, -0.15) is 0 Å². The zero-order chi connectivity index (χ0) is 11.6. The van der Waals surface area contributed by atoms with Crippen LogP contribution < -0.4 is 10.0 Å². The van der Waals surface area contributed by atoms with E-state index in [1.165, 1.54) is 0 Å². The zero-order valence-corrected chi connectivity index (χ0v) is 10.4. The average molecular weight is 238 g/mol. The molecule has 0 aliphatic heterocycles. The van der Waals surface area contributed by atoms with Gasteiger partial charge in [-0.25, -0.2) is 13.1 Å². The van der Waals surface area contributed by atoms with Gasteiger partial charge in [0.1, 0.15) is 0 Å². The summed E-state index contributed by atoms with van der Waals surface area (Å²) in [6, 6.07) is 0. The highest BCUT2D eigenvalue weighted by atomic mass is 32.2. The Morgan fingerprint density at radius 2 is 1.87 bits per heavy atom. The predicted octanol–water partition coefficient (Wildman–Crippen LogP) is -0.0581. The maximum Gasteiger partial charge on any atom is 0.212 e. The normalized spacial score (nSPS) is 11.9. The number of sulfonamides is 1. The van der Waals surface area contributed by atoms with E-state index >= 15 is 0 Å². The largest absolute Gasteiger partial charge is 0.385 e. The predicted molar refractivity (Wildman–Crippen MR) is 61.4 cm³/mol.